The first kappa shape index (κ1) is 24.9. The van der Waals surface area contributed by atoms with Gasteiger partial charge in [0.15, 0.2) is 0 Å². The highest BCUT2D eigenvalue weighted by molar-refractivity contribution is 6.32. The van der Waals surface area contributed by atoms with Crippen LogP contribution in [0.25, 0.3) is 0 Å². The fourth-order valence-corrected chi connectivity index (χ4v) is 3.96. The molecule has 0 bridgehead atoms. The zero-order valence-electron chi connectivity index (χ0n) is 19.2. The van der Waals surface area contributed by atoms with Gasteiger partial charge in [-0.05, 0) is 60.4 Å². The molecule has 36 heavy (non-hydrogen) atoms. The van der Waals surface area contributed by atoms with Crippen molar-refractivity contribution < 1.29 is 4.92 Å². The molecule has 0 aliphatic heterocycles. The summed E-state index contributed by atoms with van der Waals surface area (Å²) in [7, 11) is 0. The number of aromatic nitrogens is 3. The summed E-state index contributed by atoms with van der Waals surface area (Å²) < 4.78 is 0. The smallest absolute Gasteiger partial charge is 0.334 e. The number of anilines is 4. The minimum absolute atomic E-state index is 0.0125. The van der Waals surface area contributed by atoms with Gasteiger partial charge in [-0.15, -0.1) is 0 Å². The number of nitrogens with zero attached hydrogens (tertiary/aromatic N) is 5. The Labute approximate surface area is 216 Å². The molecule has 4 rings (SSSR count). The number of aryl methyl sites for hydroxylation is 2. The van der Waals surface area contributed by atoms with Crippen molar-refractivity contribution in [3.63, 3.8) is 0 Å². The summed E-state index contributed by atoms with van der Waals surface area (Å²) in [5, 5.41) is 28.5. The number of nitrogens with one attached hydrogen (secondary N) is 2. The van der Waals surface area contributed by atoms with Gasteiger partial charge in [0.2, 0.25) is 11.6 Å². The van der Waals surface area contributed by atoms with E-state index in [1.54, 1.807) is 55.6 Å². The molecular weight excluding hydrogens is 501 g/mol. The van der Waals surface area contributed by atoms with Gasteiger partial charge in [-0.3, -0.25) is 10.1 Å². The van der Waals surface area contributed by atoms with Gasteiger partial charge in [0.05, 0.1) is 16.9 Å². The molecule has 0 aliphatic carbocycles. The topological polar surface area (TPSA) is 130 Å². The average Bonchev–Trinajstić information content (AvgIpc) is 2.85. The predicted octanol–water partition coefficient (Wildman–Crippen LogP) is 6.85. The van der Waals surface area contributed by atoms with Gasteiger partial charge in [-0.1, -0.05) is 47.5 Å². The minimum Gasteiger partial charge on any atom is -0.334 e. The third-order valence-corrected chi connectivity index (χ3v) is 5.98. The zero-order chi connectivity index (χ0) is 25.8. The van der Waals surface area contributed by atoms with Crippen LogP contribution in [-0.4, -0.2) is 19.9 Å². The molecule has 11 heteroatoms. The quantitative estimate of drug-likeness (QED) is 0.200. The average molecular weight is 520 g/mol. The largest absolute Gasteiger partial charge is 0.353 e. The molecule has 1 atom stereocenters. The fraction of sp³-hybridized carbons (Fsp3) is 0.120. The lowest BCUT2D eigenvalue weighted by Gasteiger charge is -2.16. The lowest BCUT2D eigenvalue weighted by molar-refractivity contribution is -0.383. The van der Waals surface area contributed by atoms with Crippen LogP contribution in [0, 0.1) is 35.3 Å². The second-order valence-corrected chi connectivity index (χ2v) is 8.79. The Bertz CT molecular complexity index is 1470. The van der Waals surface area contributed by atoms with Crippen molar-refractivity contribution in [2.75, 3.05) is 10.6 Å². The summed E-state index contributed by atoms with van der Waals surface area (Å²) in [4.78, 5) is 23.7. The van der Waals surface area contributed by atoms with Gasteiger partial charge in [0, 0.05) is 21.9 Å². The second kappa shape index (κ2) is 10.6. The molecule has 0 amide bonds. The molecular formula is C25H19Cl2N7O2. The van der Waals surface area contributed by atoms with Crippen LogP contribution in [0.1, 0.15) is 28.2 Å². The first-order valence-electron chi connectivity index (χ1n) is 10.7. The molecule has 180 valence electrons. The minimum atomic E-state index is -0.617. The lowest BCUT2D eigenvalue weighted by atomic mass is 9.91. The Morgan fingerprint density at radius 1 is 1.00 bits per heavy atom. The van der Waals surface area contributed by atoms with Crippen molar-refractivity contribution in [1.29, 1.82) is 5.26 Å². The number of halogens is 2. The lowest BCUT2D eigenvalue weighted by Crippen LogP contribution is -2.07. The molecule has 0 aliphatic rings. The van der Waals surface area contributed by atoms with E-state index in [0.29, 0.717) is 32.7 Å². The van der Waals surface area contributed by atoms with E-state index in [-0.39, 0.29) is 17.3 Å². The van der Waals surface area contributed by atoms with Crippen molar-refractivity contribution in [1.82, 2.24) is 15.0 Å². The van der Waals surface area contributed by atoms with Crippen LogP contribution in [0.3, 0.4) is 0 Å². The second-order valence-electron chi connectivity index (χ2n) is 7.95. The standard InChI is InChI=1S/C25H19Cl2N7O2/c1-14-3-8-22(29-12-14)33-25-23(34(35)36)24(30-13-31-25)32-21-10-20(27)18(9-15(21)2)19(11-28)16-4-6-17(26)7-5-16/h3-10,12-13,19H,1-2H3,(H2,29,30,31,32,33). The van der Waals surface area contributed by atoms with Crippen LogP contribution in [-0.2, 0) is 0 Å². The van der Waals surface area contributed by atoms with E-state index in [1.807, 2.05) is 13.0 Å². The molecule has 0 spiro atoms. The number of hydrogen-bond acceptors (Lipinski definition) is 8. The van der Waals surface area contributed by atoms with Gasteiger partial charge in [-0.25, -0.2) is 15.0 Å². The van der Waals surface area contributed by atoms with E-state index >= 15 is 0 Å². The summed E-state index contributed by atoms with van der Waals surface area (Å²) in [5.41, 5.74) is 3.16. The molecule has 1 unspecified atom stereocenters. The van der Waals surface area contributed by atoms with Crippen molar-refractivity contribution in [3.05, 3.63) is 103 Å². The SMILES string of the molecule is Cc1ccc(Nc2ncnc(Nc3cc(Cl)c(C(C#N)c4ccc(Cl)cc4)cc3C)c2[N+](=O)[O-])nc1. The maximum atomic E-state index is 11.9. The maximum Gasteiger partial charge on any atom is 0.353 e. The van der Waals surface area contributed by atoms with E-state index < -0.39 is 10.8 Å². The van der Waals surface area contributed by atoms with Crippen molar-refractivity contribution in [2.24, 2.45) is 0 Å². The summed E-state index contributed by atoms with van der Waals surface area (Å²) >= 11 is 12.5. The van der Waals surface area contributed by atoms with Crippen LogP contribution in [0.4, 0.5) is 28.8 Å². The molecule has 2 heterocycles. The molecule has 2 aromatic heterocycles. The number of rotatable bonds is 7. The number of benzene rings is 2. The third-order valence-electron chi connectivity index (χ3n) is 5.40. The summed E-state index contributed by atoms with van der Waals surface area (Å²) in [6.45, 7) is 3.69. The Kier molecular flexibility index (Phi) is 7.29. The number of nitriles is 1. The summed E-state index contributed by atoms with van der Waals surface area (Å²) in [6, 6.07) is 16.2. The highest BCUT2D eigenvalue weighted by Crippen LogP contribution is 2.37. The first-order valence-corrected chi connectivity index (χ1v) is 11.4. The van der Waals surface area contributed by atoms with E-state index in [4.69, 9.17) is 23.2 Å². The van der Waals surface area contributed by atoms with Crippen LogP contribution in [0.5, 0.6) is 0 Å². The van der Waals surface area contributed by atoms with Crippen molar-refractivity contribution >= 4 is 52.0 Å². The van der Waals surface area contributed by atoms with Gasteiger partial charge in [-0.2, -0.15) is 5.26 Å². The number of pyridine rings is 1. The van der Waals surface area contributed by atoms with Gasteiger partial charge in [0.25, 0.3) is 0 Å². The molecule has 0 fully saturated rings. The fourth-order valence-electron chi connectivity index (χ4n) is 3.56. The normalized spacial score (nSPS) is 11.4. The third kappa shape index (κ3) is 5.35. The van der Waals surface area contributed by atoms with E-state index in [1.165, 1.54) is 6.33 Å². The monoisotopic (exact) mass is 519 g/mol. The molecule has 2 aromatic carbocycles. The van der Waals surface area contributed by atoms with Gasteiger partial charge >= 0.3 is 5.69 Å². The van der Waals surface area contributed by atoms with E-state index in [9.17, 15) is 15.4 Å². The molecule has 0 saturated heterocycles. The highest BCUT2D eigenvalue weighted by Gasteiger charge is 2.25. The van der Waals surface area contributed by atoms with Crippen LogP contribution >= 0.6 is 23.2 Å². The maximum absolute atomic E-state index is 11.9. The summed E-state index contributed by atoms with van der Waals surface area (Å²) in [5.74, 6) is -0.247. The number of nitro groups is 1. The van der Waals surface area contributed by atoms with E-state index in [2.05, 4.69) is 31.7 Å². The highest BCUT2D eigenvalue weighted by atomic mass is 35.5. The summed E-state index contributed by atoms with van der Waals surface area (Å²) in [6.07, 6.45) is 2.85. The molecule has 2 N–H and O–H groups in total. The Morgan fingerprint density at radius 3 is 2.31 bits per heavy atom. The molecule has 9 nitrogen and oxygen atoms in total. The number of hydrogen-bond donors (Lipinski definition) is 2. The predicted molar refractivity (Wildman–Crippen MR) is 139 cm³/mol. The van der Waals surface area contributed by atoms with Crippen LogP contribution in [0.15, 0.2) is 61.1 Å². The Morgan fingerprint density at radius 2 is 1.69 bits per heavy atom. The Hall–Kier alpha value is -4.26. The van der Waals surface area contributed by atoms with Crippen LogP contribution < -0.4 is 10.6 Å². The van der Waals surface area contributed by atoms with E-state index in [0.717, 1.165) is 11.1 Å². The molecule has 0 radical (unpaired) electrons. The zero-order valence-corrected chi connectivity index (χ0v) is 20.7. The van der Waals surface area contributed by atoms with Gasteiger partial charge < -0.3 is 10.6 Å². The molecule has 0 saturated carbocycles. The molecule has 4 aromatic rings. The van der Waals surface area contributed by atoms with Gasteiger partial charge in [0.1, 0.15) is 12.1 Å². The first-order chi connectivity index (χ1) is 17.3. The van der Waals surface area contributed by atoms with Crippen molar-refractivity contribution in [2.45, 2.75) is 19.8 Å². The Balaban J connectivity index is 1.68. The van der Waals surface area contributed by atoms with Crippen LogP contribution in [0.2, 0.25) is 10.0 Å². The van der Waals surface area contributed by atoms with Crippen molar-refractivity contribution in [3.8, 4) is 6.07 Å².